The van der Waals surface area contributed by atoms with Crippen LogP contribution in [0.25, 0.3) is 0 Å². The number of benzene rings is 2. The molecule has 0 spiro atoms. The van der Waals surface area contributed by atoms with Crippen molar-refractivity contribution in [3.8, 4) is 11.5 Å². The number of aryl methyl sites for hydroxylation is 2. The van der Waals surface area contributed by atoms with Crippen molar-refractivity contribution in [2.45, 2.75) is 27.2 Å². The van der Waals surface area contributed by atoms with Crippen molar-refractivity contribution in [1.82, 2.24) is 0 Å². The topological polar surface area (TPSA) is 98.3 Å². The molecule has 9 heteroatoms. The fraction of sp³-hybridized carbons (Fsp3) is 0.320. The van der Waals surface area contributed by atoms with Crippen LogP contribution >= 0.6 is 11.8 Å². The Hall–Kier alpha value is -3.46. The fourth-order valence-corrected chi connectivity index (χ4v) is 4.24. The normalized spacial score (nSPS) is 14.1. The zero-order valence-corrected chi connectivity index (χ0v) is 20.2. The second kappa shape index (κ2) is 10.6. The van der Waals surface area contributed by atoms with Crippen LogP contribution in [-0.2, 0) is 14.3 Å². The minimum absolute atomic E-state index is 0.0865. The van der Waals surface area contributed by atoms with Gasteiger partial charge in [0.1, 0.15) is 13.2 Å². The van der Waals surface area contributed by atoms with Crippen LogP contribution < -0.4 is 20.1 Å². The lowest BCUT2D eigenvalue weighted by Gasteiger charge is -2.19. The number of hydrogen-bond acceptors (Lipinski definition) is 8. The Bertz CT molecular complexity index is 1180. The molecule has 0 saturated carbocycles. The highest BCUT2D eigenvalue weighted by molar-refractivity contribution is 8.14. The summed E-state index contributed by atoms with van der Waals surface area (Å²) >= 11 is 1.30. The average Bonchev–Trinajstić information content (AvgIpc) is 2.96. The lowest BCUT2D eigenvalue weighted by Crippen LogP contribution is -2.17. The molecular weight excluding hydrogens is 454 g/mol. The Morgan fingerprint density at radius 2 is 1.88 bits per heavy atom. The van der Waals surface area contributed by atoms with Crippen LogP contribution in [0.2, 0.25) is 0 Å². The van der Waals surface area contributed by atoms with Gasteiger partial charge >= 0.3 is 5.97 Å². The second-order valence-corrected chi connectivity index (χ2v) is 8.87. The highest BCUT2D eigenvalue weighted by atomic mass is 32.2. The number of carbonyl (C=O) groups excluding carboxylic acids is 2. The number of rotatable bonds is 6. The van der Waals surface area contributed by atoms with Crippen molar-refractivity contribution < 1.29 is 23.8 Å². The van der Waals surface area contributed by atoms with Crippen LogP contribution in [0, 0.1) is 13.8 Å². The molecule has 0 radical (unpaired) electrons. The summed E-state index contributed by atoms with van der Waals surface area (Å²) in [5, 5.41) is 6.82. The summed E-state index contributed by atoms with van der Waals surface area (Å²) in [5.41, 5.74) is 5.10. The van der Waals surface area contributed by atoms with Crippen molar-refractivity contribution in [1.29, 1.82) is 0 Å². The third-order valence-electron chi connectivity index (χ3n) is 5.25. The molecule has 2 aromatic rings. The van der Waals surface area contributed by atoms with E-state index in [1.165, 1.54) is 11.8 Å². The van der Waals surface area contributed by atoms with Gasteiger partial charge in [-0.1, -0.05) is 11.8 Å². The molecule has 2 aliphatic heterocycles. The first-order chi connectivity index (χ1) is 16.4. The molecule has 1 amide bonds. The van der Waals surface area contributed by atoms with Crippen LogP contribution in [0.15, 0.2) is 47.1 Å². The smallest absolute Gasteiger partial charge is 0.311 e. The first-order valence-corrected chi connectivity index (χ1v) is 12.1. The number of nitrogens with zero attached hydrogens (tertiary/aromatic N) is 1. The number of hydrogen-bond donors (Lipinski definition) is 2. The van der Waals surface area contributed by atoms with Crippen LogP contribution in [0.4, 0.5) is 17.1 Å². The van der Waals surface area contributed by atoms with E-state index in [1.807, 2.05) is 26.0 Å². The molecule has 2 N–H and O–H groups in total. The van der Waals surface area contributed by atoms with Gasteiger partial charge in [0.2, 0.25) is 5.91 Å². The van der Waals surface area contributed by atoms with Gasteiger partial charge in [0.25, 0.3) is 0 Å². The molecule has 4 rings (SSSR count). The SMILES string of the molecule is CCOC(=O)CC1=CC(SCC(=O)Nc2ccc3c(c2)OCCO3)=Nc2cc(C)c(C)cc2N1. The molecule has 34 heavy (non-hydrogen) atoms. The Morgan fingerprint density at radius 1 is 1.12 bits per heavy atom. The highest BCUT2D eigenvalue weighted by Crippen LogP contribution is 2.34. The Balaban J connectivity index is 1.48. The van der Waals surface area contributed by atoms with Gasteiger partial charge in [0.15, 0.2) is 11.5 Å². The molecule has 0 atom stereocenters. The molecular formula is C25H27N3O5S. The van der Waals surface area contributed by atoms with Gasteiger partial charge in [-0.15, -0.1) is 0 Å². The minimum Gasteiger partial charge on any atom is -0.486 e. The van der Waals surface area contributed by atoms with E-state index in [-0.39, 0.29) is 24.1 Å². The maximum absolute atomic E-state index is 12.6. The number of esters is 1. The second-order valence-electron chi connectivity index (χ2n) is 7.88. The maximum atomic E-state index is 12.6. The molecule has 0 aromatic heterocycles. The minimum atomic E-state index is -0.325. The molecule has 2 aliphatic rings. The highest BCUT2D eigenvalue weighted by Gasteiger charge is 2.17. The van der Waals surface area contributed by atoms with Crippen LogP contribution in [0.5, 0.6) is 11.5 Å². The zero-order chi connectivity index (χ0) is 24.1. The predicted molar refractivity (Wildman–Crippen MR) is 134 cm³/mol. The van der Waals surface area contributed by atoms with Crippen LogP contribution in [0.1, 0.15) is 24.5 Å². The van der Waals surface area contributed by atoms with E-state index in [0.29, 0.717) is 47.7 Å². The van der Waals surface area contributed by atoms with Gasteiger partial charge in [0.05, 0.1) is 35.2 Å². The van der Waals surface area contributed by atoms with Gasteiger partial charge in [-0.3, -0.25) is 9.59 Å². The summed E-state index contributed by atoms with van der Waals surface area (Å²) < 4.78 is 16.2. The summed E-state index contributed by atoms with van der Waals surface area (Å²) in [6, 6.07) is 9.32. The van der Waals surface area contributed by atoms with Gasteiger partial charge in [-0.05, 0) is 62.2 Å². The van der Waals surface area contributed by atoms with Crippen molar-refractivity contribution in [2.24, 2.45) is 4.99 Å². The van der Waals surface area contributed by atoms with E-state index < -0.39 is 0 Å². The van der Waals surface area contributed by atoms with E-state index >= 15 is 0 Å². The average molecular weight is 482 g/mol. The van der Waals surface area contributed by atoms with Crippen LogP contribution in [0.3, 0.4) is 0 Å². The number of carbonyl (C=O) groups is 2. The Morgan fingerprint density at radius 3 is 2.68 bits per heavy atom. The Labute approximate surface area is 202 Å². The summed E-state index contributed by atoms with van der Waals surface area (Å²) in [6.07, 6.45) is 1.88. The third-order valence-corrected chi connectivity index (χ3v) is 6.16. The lowest BCUT2D eigenvalue weighted by molar-refractivity contribution is -0.142. The van der Waals surface area contributed by atoms with Gasteiger partial charge in [-0.2, -0.15) is 0 Å². The molecule has 2 heterocycles. The fourth-order valence-electron chi connectivity index (χ4n) is 3.50. The van der Waals surface area contributed by atoms with Gasteiger partial charge < -0.3 is 24.8 Å². The first-order valence-electron chi connectivity index (χ1n) is 11.1. The van der Waals surface area contributed by atoms with Crippen molar-refractivity contribution in [2.75, 3.05) is 36.2 Å². The molecule has 2 aromatic carbocycles. The number of aliphatic imine (C=N–C) groups is 1. The molecule has 8 nitrogen and oxygen atoms in total. The number of nitrogens with one attached hydrogen (secondary N) is 2. The van der Waals surface area contributed by atoms with E-state index in [2.05, 4.69) is 10.6 Å². The monoisotopic (exact) mass is 481 g/mol. The summed E-state index contributed by atoms with van der Waals surface area (Å²) in [5.74, 6) is 0.931. The standard InChI is InChI=1S/C25H27N3O5S/c1-4-31-25(30)13-18-12-24(28-20-10-16(3)15(2)9-19(20)26-18)34-14-23(29)27-17-5-6-21-22(11-17)33-8-7-32-21/h5-6,9-12,26H,4,7-8,13-14H2,1-3H3,(H,27,29). The number of anilines is 2. The predicted octanol–water partition coefficient (Wildman–Crippen LogP) is 4.74. The molecule has 0 fully saturated rings. The summed E-state index contributed by atoms with van der Waals surface area (Å²) in [7, 11) is 0. The van der Waals surface area contributed by atoms with E-state index in [4.69, 9.17) is 19.2 Å². The quantitative estimate of drug-likeness (QED) is 0.575. The lowest BCUT2D eigenvalue weighted by atomic mass is 10.1. The van der Waals surface area contributed by atoms with E-state index in [0.717, 1.165) is 22.5 Å². The first kappa shape index (κ1) is 23.7. The molecule has 178 valence electrons. The summed E-state index contributed by atoms with van der Waals surface area (Å²) in [6.45, 7) is 7.14. The maximum Gasteiger partial charge on any atom is 0.311 e. The molecule has 0 aliphatic carbocycles. The number of fused-ring (bicyclic) bond motifs is 2. The number of amides is 1. The van der Waals surface area contributed by atoms with Crippen molar-refractivity contribution in [3.05, 3.63) is 53.2 Å². The number of ether oxygens (including phenoxy) is 3. The molecule has 0 saturated heterocycles. The van der Waals surface area contributed by atoms with Crippen molar-refractivity contribution in [3.63, 3.8) is 0 Å². The van der Waals surface area contributed by atoms with Crippen LogP contribution in [-0.4, -0.2) is 42.5 Å². The Kier molecular flexibility index (Phi) is 7.42. The van der Waals surface area contributed by atoms with Crippen molar-refractivity contribution >= 4 is 45.7 Å². The third kappa shape index (κ3) is 5.91. The molecule has 0 bridgehead atoms. The zero-order valence-electron chi connectivity index (χ0n) is 19.4. The summed E-state index contributed by atoms with van der Waals surface area (Å²) in [4.78, 5) is 29.5. The molecule has 0 unspecified atom stereocenters. The van der Waals surface area contributed by atoms with E-state index in [9.17, 15) is 9.59 Å². The van der Waals surface area contributed by atoms with Gasteiger partial charge in [0, 0.05) is 17.5 Å². The van der Waals surface area contributed by atoms with Gasteiger partial charge in [-0.25, -0.2) is 4.99 Å². The number of thioether (sulfide) groups is 1. The van der Waals surface area contributed by atoms with E-state index in [1.54, 1.807) is 31.2 Å². The largest absolute Gasteiger partial charge is 0.486 e.